The Bertz CT molecular complexity index is 1010. The largest absolute Gasteiger partial charge is 0.462 e. The summed E-state index contributed by atoms with van der Waals surface area (Å²) in [5.74, 6) is -1.98. The maximum Gasteiger partial charge on any atom is 0.434 e. The highest BCUT2D eigenvalue weighted by molar-refractivity contribution is 7.91. The number of esters is 1. The second-order valence-corrected chi connectivity index (χ2v) is 8.55. The molecule has 30 heavy (non-hydrogen) atoms. The molecular formula is C18H20F3N3O5S. The molecule has 0 atom stereocenters. The van der Waals surface area contributed by atoms with E-state index in [1.165, 1.54) is 38.1 Å². The SMILES string of the molecule is CCOC(=O)c1cnn(-c2ccc(C(=O)NCCS(=O)(=O)CC)cc2)c1C(F)(F)F. The monoisotopic (exact) mass is 447 g/mol. The molecule has 1 heterocycles. The molecule has 0 aliphatic rings. The molecule has 0 spiro atoms. The molecule has 0 fully saturated rings. The van der Waals surface area contributed by atoms with Crippen molar-refractivity contribution in [2.45, 2.75) is 20.0 Å². The Labute approximate surface area is 170 Å². The molecule has 1 N–H and O–H groups in total. The number of nitrogens with one attached hydrogen (secondary N) is 1. The highest BCUT2D eigenvalue weighted by Crippen LogP contribution is 2.34. The van der Waals surface area contributed by atoms with Crippen molar-refractivity contribution in [3.05, 3.63) is 47.3 Å². The van der Waals surface area contributed by atoms with Crippen LogP contribution in [0.25, 0.3) is 5.69 Å². The van der Waals surface area contributed by atoms with Gasteiger partial charge < -0.3 is 10.1 Å². The number of carbonyl (C=O) groups is 2. The van der Waals surface area contributed by atoms with Crippen LogP contribution in [0.15, 0.2) is 30.5 Å². The van der Waals surface area contributed by atoms with E-state index >= 15 is 0 Å². The van der Waals surface area contributed by atoms with Crippen LogP contribution in [0.1, 0.15) is 40.3 Å². The molecule has 0 bridgehead atoms. The zero-order valence-electron chi connectivity index (χ0n) is 16.2. The molecule has 0 aliphatic heterocycles. The van der Waals surface area contributed by atoms with Gasteiger partial charge in [0.05, 0.1) is 24.2 Å². The van der Waals surface area contributed by atoms with E-state index in [1.54, 1.807) is 0 Å². The van der Waals surface area contributed by atoms with Crippen LogP contribution in [-0.2, 0) is 20.8 Å². The lowest BCUT2D eigenvalue weighted by molar-refractivity contribution is -0.143. The summed E-state index contributed by atoms with van der Waals surface area (Å²) in [6.07, 6.45) is -4.10. The van der Waals surface area contributed by atoms with Crippen molar-refractivity contribution in [3.63, 3.8) is 0 Å². The van der Waals surface area contributed by atoms with Gasteiger partial charge in [0.2, 0.25) is 0 Å². The lowest BCUT2D eigenvalue weighted by Gasteiger charge is -2.13. The Morgan fingerprint density at radius 3 is 2.33 bits per heavy atom. The minimum atomic E-state index is -4.88. The smallest absolute Gasteiger partial charge is 0.434 e. The van der Waals surface area contributed by atoms with Gasteiger partial charge in [-0.2, -0.15) is 18.3 Å². The summed E-state index contributed by atoms with van der Waals surface area (Å²) in [6.45, 7) is 2.78. The van der Waals surface area contributed by atoms with Crippen molar-refractivity contribution in [3.8, 4) is 5.69 Å². The molecule has 0 aliphatic carbocycles. The first kappa shape index (κ1) is 23.4. The van der Waals surface area contributed by atoms with Gasteiger partial charge in [0.1, 0.15) is 5.56 Å². The zero-order chi connectivity index (χ0) is 22.5. The van der Waals surface area contributed by atoms with Crippen LogP contribution in [0.2, 0.25) is 0 Å². The van der Waals surface area contributed by atoms with Gasteiger partial charge in [0.15, 0.2) is 15.5 Å². The van der Waals surface area contributed by atoms with Gasteiger partial charge in [-0.25, -0.2) is 17.9 Å². The molecule has 0 unspecified atom stereocenters. The molecular weight excluding hydrogens is 427 g/mol. The zero-order valence-corrected chi connectivity index (χ0v) is 17.0. The van der Waals surface area contributed by atoms with Crippen molar-refractivity contribution >= 4 is 21.7 Å². The number of hydrogen-bond acceptors (Lipinski definition) is 6. The summed E-state index contributed by atoms with van der Waals surface area (Å²) in [6, 6.07) is 5.00. The number of benzene rings is 1. The van der Waals surface area contributed by atoms with E-state index in [4.69, 9.17) is 0 Å². The van der Waals surface area contributed by atoms with Crippen LogP contribution in [-0.4, -0.2) is 54.7 Å². The summed E-state index contributed by atoms with van der Waals surface area (Å²) >= 11 is 0. The van der Waals surface area contributed by atoms with Gasteiger partial charge >= 0.3 is 12.1 Å². The van der Waals surface area contributed by atoms with Crippen molar-refractivity contribution in [1.29, 1.82) is 0 Å². The minimum Gasteiger partial charge on any atom is -0.462 e. The molecule has 8 nitrogen and oxygen atoms in total. The summed E-state index contributed by atoms with van der Waals surface area (Å²) in [5, 5.41) is 6.08. The van der Waals surface area contributed by atoms with Crippen molar-refractivity contribution < 1.29 is 35.9 Å². The van der Waals surface area contributed by atoms with Crippen LogP contribution in [0, 0.1) is 0 Å². The van der Waals surface area contributed by atoms with E-state index in [-0.39, 0.29) is 35.9 Å². The molecule has 0 saturated heterocycles. The fourth-order valence-corrected chi connectivity index (χ4v) is 3.20. The second kappa shape index (κ2) is 9.28. The van der Waals surface area contributed by atoms with Gasteiger partial charge in [0, 0.05) is 17.9 Å². The predicted molar refractivity (Wildman–Crippen MR) is 101 cm³/mol. The fraction of sp³-hybridized carbons (Fsp3) is 0.389. The van der Waals surface area contributed by atoms with E-state index in [2.05, 4.69) is 15.2 Å². The Balaban J connectivity index is 2.24. The molecule has 0 saturated carbocycles. The van der Waals surface area contributed by atoms with Gasteiger partial charge in [-0.1, -0.05) is 6.92 Å². The Morgan fingerprint density at radius 2 is 1.80 bits per heavy atom. The third-order valence-corrected chi connectivity index (χ3v) is 5.75. The number of ether oxygens (including phenoxy) is 1. The Morgan fingerprint density at radius 1 is 1.17 bits per heavy atom. The molecule has 1 amide bonds. The van der Waals surface area contributed by atoms with Gasteiger partial charge in [-0.05, 0) is 31.2 Å². The third-order valence-electron chi connectivity index (χ3n) is 4.05. The van der Waals surface area contributed by atoms with Crippen molar-refractivity contribution in [2.75, 3.05) is 24.7 Å². The summed E-state index contributed by atoms with van der Waals surface area (Å²) in [7, 11) is -3.24. The summed E-state index contributed by atoms with van der Waals surface area (Å²) in [4.78, 5) is 23.9. The molecule has 12 heteroatoms. The quantitative estimate of drug-likeness (QED) is 0.622. The number of aromatic nitrogens is 2. The van der Waals surface area contributed by atoms with E-state index in [1.807, 2.05) is 0 Å². The van der Waals surface area contributed by atoms with E-state index < -0.39 is 39.1 Å². The average Bonchev–Trinajstić information content (AvgIpc) is 3.14. The molecule has 164 valence electrons. The van der Waals surface area contributed by atoms with E-state index in [0.717, 1.165) is 6.20 Å². The molecule has 2 aromatic rings. The number of rotatable bonds is 8. The number of halogens is 3. The number of sulfone groups is 1. The van der Waals surface area contributed by atoms with Crippen LogP contribution in [0.4, 0.5) is 13.2 Å². The number of hydrogen-bond donors (Lipinski definition) is 1. The summed E-state index contributed by atoms with van der Waals surface area (Å²) in [5.41, 5.74) is -1.91. The van der Waals surface area contributed by atoms with Crippen LogP contribution in [0.5, 0.6) is 0 Å². The number of alkyl halides is 3. The third kappa shape index (κ3) is 5.59. The first-order chi connectivity index (χ1) is 14.0. The summed E-state index contributed by atoms with van der Waals surface area (Å²) < 4.78 is 68.6. The first-order valence-corrected chi connectivity index (χ1v) is 10.7. The fourth-order valence-electron chi connectivity index (χ4n) is 2.50. The predicted octanol–water partition coefficient (Wildman–Crippen LogP) is 2.23. The number of carbonyl (C=O) groups excluding carboxylic acids is 2. The normalized spacial score (nSPS) is 11.9. The number of amides is 1. The minimum absolute atomic E-state index is 0.0250. The second-order valence-electron chi connectivity index (χ2n) is 6.08. The molecule has 1 aromatic heterocycles. The average molecular weight is 447 g/mol. The van der Waals surface area contributed by atoms with Gasteiger partial charge in [-0.3, -0.25) is 4.79 Å². The topological polar surface area (TPSA) is 107 Å². The lowest BCUT2D eigenvalue weighted by atomic mass is 10.2. The number of nitrogens with zero attached hydrogens (tertiary/aromatic N) is 2. The van der Waals surface area contributed by atoms with Crippen LogP contribution < -0.4 is 5.32 Å². The first-order valence-electron chi connectivity index (χ1n) is 8.91. The van der Waals surface area contributed by atoms with Gasteiger partial charge in [-0.15, -0.1) is 0 Å². The highest BCUT2D eigenvalue weighted by atomic mass is 32.2. The van der Waals surface area contributed by atoms with E-state index in [9.17, 15) is 31.2 Å². The highest BCUT2D eigenvalue weighted by Gasteiger charge is 2.41. The Kier molecular flexibility index (Phi) is 7.24. The standard InChI is InChI=1S/C18H20F3N3O5S/c1-3-29-17(26)14-11-23-24(15(14)18(19,20)21)13-7-5-12(6-8-13)16(25)22-9-10-30(27,28)4-2/h5-8,11H,3-4,9-10H2,1-2H3,(H,22,25). The Hall–Kier alpha value is -2.89. The van der Waals surface area contributed by atoms with Gasteiger partial charge in [0.25, 0.3) is 5.91 Å². The molecule has 2 rings (SSSR count). The van der Waals surface area contributed by atoms with Crippen LogP contribution in [0.3, 0.4) is 0 Å². The molecule has 1 aromatic carbocycles. The van der Waals surface area contributed by atoms with E-state index in [0.29, 0.717) is 4.68 Å². The van der Waals surface area contributed by atoms with Crippen molar-refractivity contribution in [2.24, 2.45) is 0 Å². The molecule has 0 radical (unpaired) electrons. The van der Waals surface area contributed by atoms with Crippen molar-refractivity contribution in [1.82, 2.24) is 15.1 Å². The maximum atomic E-state index is 13.5. The van der Waals surface area contributed by atoms with Crippen LogP contribution >= 0.6 is 0 Å². The lowest BCUT2D eigenvalue weighted by Crippen LogP contribution is -2.29. The maximum absolute atomic E-state index is 13.5.